The fourth-order valence-corrected chi connectivity index (χ4v) is 5.64. The highest BCUT2D eigenvalue weighted by atomic mass is 14.9. The highest BCUT2D eigenvalue weighted by Crippen LogP contribution is 2.60. The van der Waals surface area contributed by atoms with E-state index in [2.05, 4.69) is 42.7 Å². The summed E-state index contributed by atoms with van der Waals surface area (Å²) in [7, 11) is 2.17. The van der Waals surface area contributed by atoms with Crippen LogP contribution in [0.1, 0.15) is 37.7 Å². The van der Waals surface area contributed by atoms with Crippen molar-refractivity contribution < 1.29 is 0 Å². The van der Waals surface area contributed by atoms with E-state index in [1.54, 1.807) is 5.56 Å². The van der Waals surface area contributed by atoms with Gasteiger partial charge in [0, 0.05) is 6.04 Å². The lowest BCUT2D eigenvalue weighted by Crippen LogP contribution is -2.59. The zero-order chi connectivity index (χ0) is 12.2. The molecule has 1 nitrogen and oxygen atoms in total. The van der Waals surface area contributed by atoms with E-state index in [4.69, 9.17) is 0 Å². The van der Waals surface area contributed by atoms with Gasteiger partial charge in [-0.1, -0.05) is 30.3 Å². The Balaban J connectivity index is 1.73. The monoisotopic (exact) mass is 241 g/mol. The van der Waals surface area contributed by atoms with Gasteiger partial charge in [-0.2, -0.15) is 0 Å². The maximum Gasteiger partial charge on any atom is 0.0121 e. The minimum absolute atomic E-state index is 0.533. The van der Waals surface area contributed by atoms with Gasteiger partial charge in [0.2, 0.25) is 0 Å². The van der Waals surface area contributed by atoms with Crippen LogP contribution in [0, 0.1) is 17.8 Å². The molecule has 1 aromatic rings. The topological polar surface area (TPSA) is 12.0 Å². The average molecular weight is 241 g/mol. The standard InChI is InChI=1S/C17H23N/c1-18-16-13-7-12-8-14(16)11-17(9-12,10-13)15-5-3-2-4-6-15/h2-6,12-14,16,18H,7-11H2,1H3/t12?,13-,14+,16?,17?. The predicted octanol–water partition coefficient (Wildman–Crippen LogP) is 3.35. The first-order valence-corrected chi connectivity index (χ1v) is 7.53. The maximum absolute atomic E-state index is 3.62. The molecule has 1 aromatic carbocycles. The third-order valence-corrected chi connectivity index (χ3v) is 5.99. The van der Waals surface area contributed by atoms with Crippen LogP contribution in [0.25, 0.3) is 0 Å². The number of benzene rings is 1. The summed E-state index contributed by atoms with van der Waals surface area (Å²) in [6.07, 6.45) is 7.28. The molecule has 18 heavy (non-hydrogen) atoms. The highest BCUT2D eigenvalue weighted by molar-refractivity contribution is 5.30. The molecule has 5 atom stereocenters. The third-order valence-electron chi connectivity index (χ3n) is 5.99. The minimum Gasteiger partial charge on any atom is -0.316 e. The fraction of sp³-hybridized carbons (Fsp3) is 0.647. The van der Waals surface area contributed by atoms with Crippen LogP contribution < -0.4 is 5.32 Å². The summed E-state index contributed by atoms with van der Waals surface area (Å²) < 4.78 is 0. The van der Waals surface area contributed by atoms with Crippen molar-refractivity contribution in [1.29, 1.82) is 0 Å². The smallest absolute Gasteiger partial charge is 0.0121 e. The largest absolute Gasteiger partial charge is 0.316 e. The molecular weight excluding hydrogens is 218 g/mol. The summed E-state index contributed by atoms with van der Waals surface area (Å²) in [5.74, 6) is 2.87. The van der Waals surface area contributed by atoms with Crippen molar-refractivity contribution >= 4 is 0 Å². The molecule has 0 spiro atoms. The van der Waals surface area contributed by atoms with E-state index in [1.165, 1.54) is 32.1 Å². The summed E-state index contributed by atoms with van der Waals surface area (Å²) in [4.78, 5) is 0. The fourth-order valence-electron chi connectivity index (χ4n) is 5.64. The van der Waals surface area contributed by atoms with Crippen molar-refractivity contribution in [3.63, 3.8) is 0 Å². The van der Waals surface area contributed by atoms with Crippen LogP contribution in [0.15, 0.2) is 30.3 Å². The van der Waals surface area contributed by atoms with E-state index in [0.29, 0.717) is 5.41 Å². The van der Waals surface area contributed by atoms with Gasteiger partial charge in [0.15, 0.2) is 0 Å². The first kappa shape index (κ1) is 11.0. The third kappa shape index (κ3) is 1.43. The lowest BCUT2D eigenvalue weighted by molar-refractivity contribution is -0.0326. The SMILES string of the molecule is CNC1[C@@H]2CC3C[C@H]1CC(c1ccccc1)(C3)C2. The summed E-state index contributed by atoms with van der Waals surface area (Å²) in [5.41, 5.74) is 2.16. The molecule has 96 valence electrons. The zero-order valence-corrected chi connectivity index (χ0v) is 11.2. The van der Waals surface area contributed by atoms with Gasteiger partial charge in [0.1, 0.15) is 0 Å². The number of rotatable bonds is 2. The van der Waals surface area contributed by atoms with Gasteiger partial charge >= 0.3 is 0 Å². The normalized spacial score (nSPS) is 45.4. The molecule has 0 aromatic heterocycles. The van der Waals surface area contributed by atoms with Crippen LogP contribution in [0.5, 0.6) is 0 Å². The number of nitrogens with one attached hydrogen (secondary N) is 1. The van der Waals surface area contributed by atoms with E-state index in [1.807, 2.05) is 0 Å². The Morgan fingerprint density at radius 2 is 1.67 bits per heavy atom. The van der Waals surface area contributed by atoms with Crippen LogP contribution in [0.4, 0.5) is 0 Å². The Morgan fingerprint density at radius 3 is 2.28 bits per heavy atom. The van der Waals surface area contributed by atoms with Crippen LogP contribution in [-0.4, -0.2) is 13.1 Å². The molecule has 0 amide bonds. The average Bonchev–Trinajstić information content (AvgIpc) is 2.39. The van der Waals surface area contributed by atoms with Crippen molar-refractivity contribution in [3.8, 4) is 0 Å². The minimum atomic E-state index is 0.533. The molecular formula is C17H23N. The van der Waals surface area contributed by atoms with Crippen LogP contribution >= 0.6 is 0 Å². The quantitative estimate of drug-likeness (QED) is 0.837. The Hall–Kier alpha value is -0.820. The molecule has 5 rings (SSSR count). The second-order valence-electron chi connectivity index (χ2n) is 6.93. The van der Waals surface area contributed by atoms with Crippen LogP contribution in [0.2, 0.25) is 0 Å². The van der Waals surface area contributed by atoms with Crippen molar-refractivity contribution in [2.45, 2.75) is 43.6 Å². The molecule has 0 heterocycles. The molecule has 4 saturated carbocycles. The van der Waals surface area contributed by atoms with E-state index < -0.39 is 0 Å². The molecule has 4 aliphatic carbocycles. The van der Waals surface area contributed by atoms with Gasteiger partial charge in [0.05, 0.1) is 0 Å². The Kier molecular flexibility index (Phi) is 2.35. The van der Waals surface area contributed by atoms with Gasteiger partial charge in [-0.3, -0.25) is 0 Å². The maximum atomic E-state index is 3.62. The summed E-state index contributed by atoms with van der Waals surface area (Å²) in [6.45, 7) is 0. The van der Waals surface area contributed by atoms with E-state index in [9.17, 15) is 0 Å². The molecule has 4 fully saturated rings. The van der Waals surface area contributed by atoms with E-state index in [0.717, 1.165) is 23.8 Å². The second kappa shape index (κ2) is 3.84. The molecule has 4 bridgehead atoms. The van der Waals surface area contributed by atoms with E-state index >= 15 is 0 Å². The van der Waals surface area contributed by atoms with Gasteiger partial charge in [-0.05, 0) is 67.9 Å². The second-order valence-corrected chi connectivity index (χ2v) is 6.93. The summed E-state index contributed by atoms with van der Waals surface area (Å²) >= 11 is 0. The van der Waals surface area contributed by atoms with Crippen LogP contribution in [-0.2, 0) is 5.41 Å². The summed E-state index contributed by atoms with van der Waals surface area (Å²) in [5, 5.41) is 3.62. The predicted molar refractivity (Wildman–Crippen MR) is 74.5 cm³/mol. The van der Waals surface area contributed by atoms with Gasteiger partial charge in [-0.25, -0.2) is 0 Å². The molecule has 1 N–H and O–H groups in total. The molecule has 3 unspecified atom stereocenters. The van der Waals surface area contributed by atoms with Gasteiger partial charge < -0.3 is 5.32 Å². The molecule has 0 radical (unpaired) electrons. The lowest BCUT2D eigenvalue weighted by atomic mass is 9.46. The lowest BCUT2D eigenvalue weighted by Gasteiger charge is -2.60. The van der Waals surface area contributed by atoms with Crippen LogP contribution in [0.3, 0.4) is 0 Å². The van der Waals surface area contributed by atoms with Crippen molar-refractivity contribution in [2.24, 2.45) is 17.8 Å². The molecule has 1 heteroatoms. The van der Waals surface area contributed by atoms with Gasteiger partial charge in [-0.15, -0.1) is 0 Å². The van der Waals surface area contributed by atoms with Gasteiger partial charge in [0.25, 0.3) is 0 Å². The van der Waals surface area contributed by atoms with Crippen molar-refractivity contribution in [1.82, 2.24) is 5.32 Å². The number of hydrogen-bond donors (Lipinski definition) is 1. The molecule has 4 aliphatic rings. The molecule has 0 saturated heterocycles. The number of hydrogen-bond acceptors (Lipinski definition) is 1. The zero-order valence-electron chi connectivity index (χ0n) is 11.2. The van der Waals surface area contributed by atoms with Crippen molar-refractivity contribution in [2.75, 3.05) is 7.05 Å². The Bertz CT molecular complexity index is 422. The first-order chi connectivity index (χ1) is 8.81. The van der Waals surface area contributed by atoms with E-state index in [-0.39, 0.29) is 0 Å². The first-order valence-electron chi connectivity index (χ1n) is 7.53. The Labute approximate surface area is 110 Å². The summed E-state index contributed by atoms with van der Waals surface area (Å²) in [6, 6.07) is 12.2. The Morgan fingerprint density at radius 1 is 1.00 bits per heavy atom. The molecule has 0 aliphatic heterocycles. The van der Waals surface area contributed by atoms with Crippen molar-refractivity contribution in [3.05, 3.63) is 35.9 Å². The highest BCUT2D eigenvalue weighted by Gasteiger charge is 2.55.